The normalized spacial score (nSPS) is 13.6. The summed E-state index contributed by atoms with van der Waals surface area (Å²) in [5, 5.41) is 4.91. The number of para-hydroxylation sites is 1. The second-order valence-corrected chi connectivity index (χ2v) is 7.74. The van der Waals surface area contributed by atoms with Crippen molar-refractivity contribution in [2.24, 2.45) is 0 Å². The standard InChI is InChI=1S/C24H23N5O3/c30-24(31-14-6-10-21-27-22(28-32-21)18-8-5-11-25-16-18)19-15-17-7-1-2-9-20(17)26-23(19)29-12-3-4-13-29/h1-2,5,7-9,11,15-16H,3-4,6,10,12-14H2. The SMILES string of the molecule is O=C(OCCCc1nc(-c2cccnc2)no1)c1cc2ccccc2nc1N1CCCC1. The molecule has 4 heterocycles. The molecule has 1 aliphatic heterocycles. The van der Waals surface area contributed by atoms with Gasteiger partial charge in [0.25, 0.3) is 0 Å². The zero-order valence-corrected chi connectivity index (χ0v) is 17.6. The van der Waals surface area contributed by atoms with Gasteiger partial charge in [0.05, 0.1) is 12.1 Å². The van der Waals surface area contributed by atoms with Gasteiger partial charge < -0.3 is 14.2 Å². The maximum Gasteiger partial charge on any atom is 0.341 e. The van der Waals surface area contributed by atoms with Crippen LogP contribution in [0.2, 0.25) is 0 Å². The van der Waals surface area contributed by atoms with Gasteiger partial charge in [0.1, 0.15) is 11.4 Å². The van der Waals surface area contributed by atoms with Gasteiger partial charge in [-0.15, -0.1) is 0 Å². The Bertz CT molecular complexity index is 1220. The zero-order valence-electron chi connectivity index (χ0n) is 17.6. The summed E-state index contributed by atoms with van der Waals surface area (Å²) in [5.41, 5.74) is 2.20. The fourth-order valence-electron chi connectivity index (χ4n) is 3.86. The lowest BCUT2D eigenvalue weighted by atomic mass is 10.1. The third-order valence-electron chi connectivity index (χ3n) is 5.49. The van der Waals surface area contributed by atoms with E-state index >= 15 is 0 Å². The molecular weight excluding hydrogens is 406 g/mol. The predicted molar refractivity (Wildman–Crippen MR) is 119 cm³/mol. The van der Waals surface area contributed by atoms with Crippen LogP contribution >= 0.6 is 0 Å². The van der Waals surface area contributed by atoms with Crippen molar-refractivity contribution < 1.29 is 14.1 Å². The lowest BCUT2D eigenvalue weighted by Gasteiger charge is -2.20. The maximum absolute atomic E-state index is 12.9. The highest BCUT2D eigenvalue weighted by Crippen LogP contribution is 2.27. The van der Waals surface area contributed by atoms with Crippen LogP contribution in [-0.4, -0.2) is 45.8 Å². The number of benzene rings is 1. The number of rotatable bonds is 7. The number of pyridine rings is 2. The summed E-state index contributed by atoms with van der Waals surface area (Å²) in [5.74, 6) is 1.36. The van der Waals surface area contributed by atoms with Gasteiger partial charge in [-0.2, -0.15) is 4.98 Å². The summed E-state index contributed by atoms with van der Waals surface area (Å²) in [6.45, 7) is 2.07. The van der Waals surface area contributed by atoms with E-state index in [1.54, 1.807) is 12.4 Å². The van der Waals surface area contributed by atoms with E-state index in [0.717, 1.165) is 42.4 Å². The average Bonchev–Trinajstić information content (AvgIpc) is 3.54. The summed E-state index contributed by atoms with van der Waals surface area (Å²) in [4.78, 5) is 28.3. The minimum atomic E-state index is -0.355. The molecular formula is C24H23N5O3. The van der Waals surface area contributed by atoms with E-state index in [-0.39, 0.29) is 12.6 Å². The molecule has 8 heteroatoms. The molecule has 162 valence electrons. The average molecular weight is 429 g/mol. The Morgan fingerprint density at radius 3 is 2.81 bits per heavy atom. The fraction of sp³-hybridized carbons (Fsp3) is 0.292. The third kappa shape index (κ3) is 4.30. The highest BCUT2D eigenvalue weighted by Gasteiger charge is 2.23. The number of nitrogens with zero attached hydrogens (tertiary/aromatic N) is 5. The summed E-state index contributed by atoms with van der Waals surface area (Å²) >= 11 is 0. The Hall–Kier alpha value is -3.81. The van der Waals surface area contributed by atoms with Crippen LogP contribution in [0.25, 0.3) is 22.3 Å². The van der Waals surface area contributed by atoms with Crippen LogP contribution in [0.4, 0.5) is 5.82 Å². The predicted octanol–water partition coefficient (Wildman–Crippen LogP) is 4.07. The van der Waals surface area contributed by atoms with E-state index in [1.165, 1.54) is 0 Å². The number of anilines is 1. The van der Waals surface area contributed by atoms with Crippen molar-refractivity contribution in [1.82, 2.24) is 20.1 Å². The fourth-order valence-corrected chi connectivity index (χ4v) is 3.86. The smallest absolute Gasteiger partial charge is 0.341 e. The van der Waals surface area contributed by atoms with Crippen molar-refractivity contribution in [2.45, 2.75) is 25.7 Å². The Balaban J connectivity index is 1.23. The Morgan fingerprint density at radius 1 is 1.09 bits per heavy atom. The van der Waals surface area contributed by atoms with Gasteiger partial charge in [-0.3, -0.25) is 4.98 Å². The molecule has 0 radical (unpaired) electrons. The Labute approximate surface area is 185 Å². The summed E-state index contributed by atoms with van der Waals surface area (Å²) in [6, 6.07) is 13.4. The molecule has 0 N–H and O–H groups in total. The van der Waals surface area contributed by atoms with Crippen molar-refractivity contribution in [3.8, 4) is 11.4 Å². The summed E-state index contributed by atoms with van der Waals surface area (Å²) < 4.78 is 10.9. The number of carbonyl (C=O) groups is 1. The highest BCUT2D eigenvalue weighted by molar-refractivity contribution is 5.99. The number of fused-ring (bicyclic) bond motifs is 1. The maximum atomic E-state index is 12.9. The molecule has 0 bridgehead atoms. The van der Waals surface area contributed by atoms with E-state index in [4.69, 9.17) is 14.2 Å². The van der Waals surface area contributed by atoms with Gasteiger partial charge in [-0.05, 0) is 43.5 Å². The van der Waals surface area contributed by atoms with Gasteiger partial charge in [0.15, 0.2) is 0 Å². The summed E-state index contributed by atoms with van der Waals surface area (Å²) in [6.07, 6.45) is 6.70. The van der Waals surface area contributed by atoms with Crippen LogP contribution in [0.3, 0.4) is 0 Å². The minimum absolute atomic E-state index is 0.260. The Morgan fingerprint density at radius 2 is 1.97 bits per heavy atom. The first-order valence-corrected chi connectivity index (χ1v) is 10.8. The molecule has 1 saturated heterocycles. The van der Waals surface area contributed by atoms with Crippen molar-refractivity contribution in [3.63, 3.8) is 0 Å². The number of ether oxygens (including phenoxy) is 1. The van der Waals surface area contributed by atoms with Gasteiger partial charge in [-0.25, -0.2) is 9.78 Å². The largest absolute Gasteiger partial charge is 0.462 e. The first-order chi connectivity index (χ1) is 15.8. The molecule has 4 aromatic rings. The van der Waals surface area contributed by atoms with Crippen LogP contribution in [0, 0.1) is 0 Å². The molecule has 1 fully saturated rings. The molecule has 0 atom stereocenters. The lowest BCUT2D eigenvalue weighted by molar-refractivity contribution is 0.0499. The molecule has 0 spiro atoms. The highest BCUT2D eigenvalue weighted by atomic mass is 16.5. The topological polar surface area (TPSA) is 94.2 Å². The quantitative estimate of drug-likeness (QED) is 0.321. The van der Waals surface area contributed by atoms with E-state index < -0.39 is 0 Å². The molecule has 0 saturated carbocycles. The van der Waals surface area contributed by atoms with E-state index in [1.807, 2.05) is 42.5 Å². The van der Waals surface area contributed by atoms with Gasteiger partial charge in [-0.1, -0.05) is 23.4 Å². The first-order valence-electron chi connectivity index (χ1n) is 10.8. The monoisotopic (exact) mass is 429 g/mol. The van der Waals surface area contributed by atoms with Crippen LogP contribution in [0.1, 0.15) is 35.5 Å². The molecule has 5 rings (SSSR count). The number of aryl methyl sites for hydroxylation is 1. The molecule has 32 heavy (non-hydrogen) atoms. The number of hydrogen-bond donors (Lipinski definition) is 0. The number of aromatic nitrogens is 4. The van der Waals surface area contributed by atoms with Crippen molar-refractivity contribution in [3.05, 3.63) is 66.3 Å². The molecule has 0 amide bonds. The molecule has 1 aliphatic rings. The molecule has 3 aromatic heterocycles. The van der Waals surface area contributed by atoms with Gasteiger partial charge >= 0.3 is 5.97 Å². The van der Waals surface area contributed by atoms with Gasteiger partial charge in [0.2, 0.25) is 11.7 Å². The number of carbonyl (C=O) groups excluding carboxylic acids is 1. The zero-order chi connectivity index (χ0) is 21.8. The van der Waals surface area contributed by atoms with Crippen LogP contribution in [0.5, 0.6) is 0 Å². The van der Waals surface area contributed by atoms with Crippen LogP contribution < -0.4 is 4.90 Å². The van der Waals surface area contributed by atoms with Crippen molar-refractivity contribution in [2.75, 3.05) is 24.6 Å². The van der Waals surface area contributed by atoms with E-state index in [9.17, 15) is 4.79 Å². The second-order valence-electron chi connectivity index (χ2n) is 7.74. The molecule has 0 aliphatic carbocycles. The molecule has 1 aromatic carbocycles. The Kier molecular flexibility index (Phi) is 5.74. The van der Waals surface area contributed by atoms with Gasteiger partial charge in [0, 0.05) is 42.9 Å². The summed E-state index contributed by atoms with van der Waals surface area (Å²) in [7, 11) is 0. The number of hydrogen-bond acceptors (Lipinski definition) is 8. The second kappa shape index (κ2) is 9.13. The first kappa shape index (κ1) is 20.1. The number of esters is 1. The molecule has 0 unspecified atom stereocenters. The van der Waals surface area contributed by atoms with Crippen molar-refractivity contribution in [1.29, 1.82) is 0 Å². The van der Waals surface area contributed by atoms with E-state index in [2.05, 4.69) is 20.0 Å². The molecule has 8 nitrogen and oxygen atoms in total. The van der Waals surface area contributed by atoms with E-state index in [0.29, 0.717) is 35.9 Å². The van der Waals surface area contributed by atoms with Crippen LogP contribution in [-0.2, 0) is 11.2 Å². The van der Waals surface area contributed by atoms with Crippen LogP contribution in [0.15, 0.2) is 59.4 Å². The minimum Gasteiger partial charge on any atom is -0.462 e. The van der Waals surface area contributed by atoms with Crippen molar-refractivity contribution >= 4 is 22.7 Å². The third-order valence-corrected chi connectivity index (χ3v) is 5.49. The lowest BCUT2D eigenvalue weighted by Crippen LogP contribution is -2.23.